The summed E-state index contributed by atoms with van der Waals surface area (Å²) in [6.07, 6.45) is 3.72. The predicted molar refractivity (Wildman–Crippen MR) is 90.4 cm³/mol. The lowest BCUT2D eigenvalue weighted by Crippen LogP contribution is -2.51. The molecule has 5 nitrogen and oxygen atoms in total. The van der Waals surface area contributed by atoms with Crippen molar-refractivity contribution >= 4 is 0 Å². The van der Waals surface area contributed by atoms with Gasteiger partial charge in [-0.15, -0.1) is 0 Å². The lowest BCUT2D eigenvalue weighted by molar-refractivity contribution is 0.110. The summed E-state index contributed by atoms with van der Waals surface area (Å²) in [6, 6.07) is 4.04. The van der Waals surface area contributed by atoms with E-state index in [0.717, 1.165) is 30.5 Å². The molecule has 1 aliphatic heterocycles. The highest BCUT2D eigenvalue weighted by Gasteiger charge is 2.47. The van der Waals surface area contributed by atoms with Gasteiger partial charge in [-0.3, -0.25) is 0 Å². The predicted octanol–water partition coefficient (Wildman–Crippen LogP) is 2.72. The molecule has 128 valence electrons. The number of hydrogen-bond donors (Lipinski definition) is 2. The minimum atomic E-state index is -0.0407. The first-order valence-electron chi connectivity index (χ1n) is 8.32. The van der Waals surface area contributed by atoms with E-state index in [9.17, 15) is 10.2 Å². The van der Waals surface area contributed by atoms with E-state index in [1.807, 2.05) is 12.1 Å². The lowest BCUT2D eigenvalue weighted by atomic mass is 9.63. The van der Waals surface area contributed by atoms with E-state index >= 15 is 0 Å². The van der Waals surface area contributed by atoms with Crippen molar-refractivity contribution < 1.29 is 19.7 Å². The molecule has 1 heterocycles. The third-order valence-corrected chi connectivity index (χ3v) is 5.80. The molecule has 0 spiro atoms. The number of likely N-dealkylation sites (N-methyl/N-ethyl adjacent to an activating group) is 1. The van der Waals surface area contributed by atoms with Gasteiger partial charge in [-0.1, -0.05) is 5.57 Å². The van der Waals surface area contributed by atoms with Gasteiger partial charge >= 0.3 is 0 Å². The number of fused-ring (bicyclic) bond motifs is 2. The van der Waals surface area contributed by atoms with Crippen molar-refractivity contribution in [2.24, 2.45) is 5.92 Å². The largest absolute Gasteiger partial charge is 0.504 e. The minimum absolute atomic E-state index is 0.0407. The van der Waals surface area contributed by atoms with Crippen LogP contribution in [0.2, 0.25) is 0 Å². The number of allylic oxidation sites excluding steroid dienone is 2. The molecular formula is C19H23NO4. The summed E-state index contributed by atoms with van der Waals surface area (Å²) >= 11 is 0. The number of benzene rings is 1. The fraction of sp³-hybridized carbons (Fsp3) is 0.474. The van der Waals surface area contributed by atoms with Crippen molar-refractivity contribution in [3.8, 4) is 11.5 Å². The number of piperidine rings is 1. The van der Waals surface area contributed by atoms with Crippen molar-refractivity contribution in [1.29, 1.82) is 0 Å². The molecule has 0 amide bonds. The summed E-state index contributed by atoms with van der Waals surface area (Å²) < 4.78 is 10.9. The number of aliphatic hydroxyl groups excluding tert-OH is 1. The van der Waals surface area contributed by atoms with Crippen LogP contribution in [0.1, 0.15) is 23.5 Å². The molecule has 2 aliphatic carbocycles. The van der Waals surface area contributed by atoms with E-state index in [4.69, 9.17) is 9.47 Å². The van der Waals surface area contributed by atoms with Crippen LogP contribution in [0.25, 0.3) is 0 Å². The summed E-state index contributed by atoms with van der Waals surface area (Å²) in [4.78, 5) is 2.38. The molecule has 0 bridgehead atoms. The number of ether oxygens (including phenoxy) is 2. The zero-order chi connectivity index (χ0) is 17.0. The maximum atomic E-state index is 10.5. The number of phenols is 1. The van der Waals surface area contributed by atoms with Crippen molar-refractivity contribution in [2.45, 2.75) is 24.8 Å². The third-order valence-electron chi connectivity index (χ3n) is 5.80. The van der Waals surface area contributed by atoms with Gasteiger partial charge in [-0.05, 0) is 49.2 Å². The van der Waals surface area contributed by atoms with Crippen LogP contribution in [0.5, 0.6) is 11.5 Å². The topological polar surface area (TPSA) is 62.2 Å². The van der Waals surface area contributed by atoms with Gasteiger partial charge in [0.1, 0.15) is 5.76 Å². The Morgan fingerprint density at radius 2 is 1.96 bits per heavy atom. The monoisotopic (exact) mass is 329 g/mol. The molecule has 5 heteroatoms. The maximum Gasteiger partial charge on any atom is 0.160 e. The number of rotatable bonds is 2. The third kappa shape index (κ3) is 2.04. The second-order valence-electron chi connectivity index (χ2n) is 6.90. The van der Waals surface area contributed by atoms with Crippen LogP contribution in [0.15, 0.2) is 35.3 Å². The number of methoxy groups -OCH3 is 2. The molecule has 1 aromatic carbocycles. The summed E-state index contributed by atoms with van der Waals surface area (Å²) in [5.41, 5.74) is 3.46. The molecule has 1 aromatic rings. The van der Waals surface area contributed by atoms with E-state index < -0.39 is 0 Å². The fourth-order valence-corrected chi connectivity index (χ4v) is 4.66. The zero-order valence-corrected chi connectivity index (χ0v) is 14.2. The van der Waals surface area contributed by atoms with Gasteiger partial charge in [0.2, 0.25) is 0 Å². The average molecular weight is 329 g/mol. The Morgan fingerprint density at radius 3 is 2.67 bits per heavy atom. The highest BCUT2D eigenvalue weighted by molar-refractivity contribution is 5.54. The Labute approximate surface area is 141 Å². The van der Waals surface area contributed by atoms with Gasteiger partial charge in [0.05, 0.1) is 20.1 Å². The van der Waals surface area contributed by atoms with Crippen LogP contribution in [0.3, 0.4) is 0 Å². The standard InChI is InChI=1S/C19H23NO4/c1-20-5-4-10-7-15(22)19(24-3)18-12-9-16(23-2)14(21)8-11(12)6-13(20)17(10)18/h7-9,13,17-18,21-22H,4-6H2,1-3H3. The molecular weight excluding hydrogens is 306 g/mol. The molecule has 24 heavy (non-hydrogen) atoms. The van der Waals surface area contributed by atoms with Crippen LogP contribution in [-0.2, 0) is 11.2 Å². The smallest absolute Gasteiger partial charge is 0.160 e. The minimum Gasteiger partial charge on any atom is -0.504 e. The maximum absolute atomic E-state index is 10.5. The summed E-state index contributed by atoms with van der Waals surface area (Å²) in [6.45, 7) is 0.979. The van der Waals surface area contributed by atoms with E-state index in [0.29, 0.717) is 17.6 Å². The van der Waals surface area contributed by atoms with Crippen molar-refractivity contribution in [3.63, 3.8) is 0 Å². The zero-order valence-electron chi connectivity index (χ0n) is 14.2. The van der Waals surface area contributed by atoms with Crippen molar-refractivity contribution in [2.75, 3.05) is 27.8 Å². The van der Waals surface area contributed by atoms with Crippen LogP contribution in [0.4, 0.5) is 0 Å². The highest BCUT2D eigenvalue weighted by atomic mass is 16.5. The van der Waals surface area contributed by atoms with Gasteiger partial charge in [0.15, 0.2) is 17.3 Å². The molecule has 3 unspecified atom stereocenters. The number of phenolic OH excluding ortho intramolecular Hbond substituents is 1. The van der Waals surface area contributed by atoms with Crippen LogP contribution in [0, 0.1) is 5.92 Å². The first-order chi connectivity index (χ1) is 11.5. The van der Waals surface area contributed by atoms with Gasteiger partial charge in [0.25, 0.3) is 0 Å². The fourth-order valence-electron chi connectivity index (χ4n) is 4.66. The van der Waals surface area contributed by atoms with E-state index in [2.05, 4.69) is 11.9 Å². The first kappa shape index (κ1) is 15.4. The number of aliphatic hydroxyl groups is 1. The van der Waals surface area contributed by atoms with Crippen LogP contribution in [-0.4, -0.2) is 49.0 Å². The molecule has 1 saturated heterocycles. The molecule has 0 radical (unpaired) electrons. The Morgan fingerprint density at radius 1 is 1.17 bits per heavy atom. The lowest BCUT2D eigenvalue weighted by Gasteiger charge is -2.49. The Balaban J connectivity index is 1.94. The Kier molecular flexibility index (Phi) is 3.49. The summed E-state index contributed by atoms with van der Waals surface area (Å²) in [5.74, 6) is 1.70. The second kappa shape index (κ2) is 5.45. The molecule has 2 N–H and O–H groups in total. The van der Waals surface area contributed by atoms with Gasteiger partial charge in [-0.25, -0.2) is 0 Å². The molecule has 0 aromatic heterocycles. The number of nitrogens with zero attached hydrogens (tertiary/aromatic N) is 1. The SMILES string of the molecule is COC1=C(O)C=C2CCN(C)C3Cc4cc(O)c(OC)cc4C1C23. The Bertz CT molecular complexity index is 752. The van der Waals surface area contributed by atoms with Gasteiger partial charge < -0.3 is 24.6 Å². The van der Waals surface area contributed by atoms with Crippen molar-refractivity contribution in [3.05, 3.63) is 46.4 Å². The van der Waals surface area contributed by atoms with Gasteiger partial charge in [0, 0.05) is 18.5 Å². The molecule has 3 atom stereocenters. The summed E-state index contributed by atoms with van der Waals surface area (Å²) in [7, 11) is 5.31. The van der Waals surface area contributed by atoms with E-state index in [1.165, 1.54) is 5.57 Å². The Hall–Kier alpha value is -2.14. The molecule has 4 rings (SSSR count). The molecule has 1 fully saturated rings. The summed E-state index contributed by atoms with van der Waals surface area (Å²) in [5, 5.41) is 20.7. The molecule has 3 aliphatic rings. The van der Waals surface area contributed by atoms with Crippen molar-refractivity contribution in [1.82, 2.24) is 4.90 Å². The average Bonchev–Trinajstić information content (AvgIpc) is 2.57. The normalized spacial score (nSPS) is 28.8. The second-order valence-corrected chi connectivity index (χ2v) is 6.90. The van der Waals surface area contributed by atoms with E-state index in [-0.39, 0.29) is 23.3 Å². The number of likely N-dealkylation sites (tertiary alicyclic amines) is 1. The molecule has 0 saturated carbocycles. The van der Waals surface area contributed by atoms with Crippen LogP contribution >= 0.6 is 0 Å². The van der Waals surface area contributed by atoms with E-state index in [1.54, 1.807) is 20.3 Å². The number of aromatic hydroxyl groups is 1. The highest BCUT2D eigenvalue weighted by Crippen LogP contribution is 2.53. The van der Waals surface area contributed by atoms with Gasteiger partial charge in [-0.2, -0.15) is 0 Å². The number of hydrogen-bond acceptors (Lipinski definition) is 5. The quantitative estimate of drug-likeness (QED) is 0.873. The van der Waals surface area contributed by atoms with Crippen LogP contribution < -0.4 is 4.74 Å². The first-order valence-corrected chi connectivity index (χ1v) is 8.32.